The number of nitrogens with one attached hydrogen (secondary N) is 4. The number of hydrazine groups is 1. The molecular formula is C17H24N4O3S. The summed E-state index contributed by atoms with van der Waals surface area (Å²) in [6.07, 6.45) is 6.54. The highest BCUT2D eigenvalue weighted by molar-refractivity contribution is 7.90. The van der Waals surface area contributed by atoms with Gasteiger partial charge >= 0.3 is 6.03 Å². The van der Waals surface area contributed by atoms with Crippen LogP contribution in [0.1, 0.15) is 48.4 Å². The van der Waals surface area contributed by atoms with Crippen LogP contribution in [0.5, 0.6) is 0 Å². The zero-order valence-corrected chi connectivity index (χ0v) is 15.2. The second-order valence-corrected chi connectivity index (χ2v) is 9.28. The van der Waals surface area contributed by atoms with Gasteiger partial charge in [-0.05, 0) is 74.1 Å². The molecule has 0 saturated carbocycles. The molecule has 4 N–H and O–H groups in total. The maximum Gasteiger partial charge on any atom is 0.332 e. The van der Waals surface area contributed by atoms with Crippen molar-refractivity contribution >= 4 is 21.7 Å². The molecule has 2 amide bonds. The normalized spacial score (nSPS) is 20.0. The molecule has 0 atom stereocenters. The Balaban J connectivity index is 1.48. The van der Waals surface area contributed by atoms with Crippen LogP contribution in [0.3, 0.4) is 0 Å². The number of anilines is 1. The van der Waals surface area contributed by atoms with Gasteiger partial charge in [0.25, 0.3) is 0 Å². The number of hydrogen-bond acceptors (Lipinski definition) is 5. The number of hydrogen-bond donors (Lipinski definition) is 4. The maximum atomic E-state index is 12.3. The monoisotopic (exact) mass is 364 g/mol. The summed E-state index contributed by atoms with van der Waals surface area (Å²) in [4.78, 5) is 12.3. The highest BCUT2D eigenvalue weighted by Gasteiger charge is 2.37. The minimum absolute atomic E-state index is 0.109. The van der Waals surface area contributed by atoms with Gasteiger partial charge in [-0.1, -0.05) is 6.07 Å². The lowest BCUT2D eigenvalue weighted by molar-refractivity contribution is 0.256. The molecule has 136 valence electrons. The van der Waals surface area contributed by atoms with Gasteiger partial charge in [-0.2, -0.15) is 0 Å². The van der Waals surface area contributed by atoms with Crippen molar-refractivity contribution in [3.63, 3.8) is 0 Å². The molecule has 0 spiro atoms. The average molecular weight is 364 g/mol. The Labute approximate surface area is 148 Å². The molecule has 1 aromatic rings. The summed E-state index contributed by atoms with van der Waals surface area (Å²) in [6, 6.07) is 1.62. The number of sulfonamides is 1. The van der Waals surface area contributed by atoms with E-state index in [0.717, 1.165) is 44.2 Å². The van der Waals surface area contributed by atoms with Crippen LogP contribution >= 0.6 is 0 Å². The number of amides is 2. The minimum Gasteiger partial charge on any atom is -0.307 e. The van der Waals surface area contributed by atoms with Crippen LogP contribution in [-0.2, 0) is 35.7 Å². The van der Waals surface area contributed by atoms with E-state index in [1.54, 1.807) is 0 Å². The molecule has 1 saturated heterocycles. The highest BCUT2D eigenvalue weighted by atomic mass is 32.2. The molecule has 1 aromatic carbocycles. The molecule has 1 fully saturated rings. The first-order valence-electron chi connectivity index (χ1n) is 8.88. The van der Waals surface area contributed by atoms with Crippen molar-refractivity contribution in [2.24, 2.45) is 0 Å². The molecule has 7 nitrogen and oxygen atoms in total. The fraction of sp³-hybridized carbons (Fsp3) is 0.588. The Morgan fingerprint density at radius 3 is 2.28 bits per heavy atom. The second-order valence-electron chi connectivity index (χ2n) is 7.44. The molecule has 3 aliphatic rings. The van der Waals surface area contributed by atoms with Gasteiger partial charge in [0.05, 0.1) is 11.4 Å². The minimum atomic E-state index is -3.66. The molecule has 2 aliphatic carbocycles. The number of carbonyl (C=O) groups excluding carboxylic acids is 1. The third-order valence-corrected chi connectivity index (χ3v) is 6.62. The Morgan fingerprint density at radius 1 is 1.12 bits per heavy atom. The highest BCUT2D eigenvalue weighted by Crippen LogP contribution is 2.38. The van der Waals surface area contributed by atoms with Crippen molar-refractivity contribution in [3.05, 3.63) is 28.3 Å². The van der Waals surface area contributed by atoms with Crippen molar-refractivity contribution in [1.29, 1.82) is 0 Å². The van der Waals surface area contributed by atoms with Crippen LogP contribution in [-0.4, -0.2) is 25.9 Å². The van der Waals surface area contributed by atoms with E-state index in [-0.39, 0.29) is 11.4 Å². The third kappa shape index (κ3) is 3.51. The van der Waals surface area contributed by atoms with Gasteiger partial charge in [0.2, 0.25) is 10.0 Å². The zero-order valence-electron chi connectivity index (χ0n) is 14.4. The van der Waals surface area contributed by atoms with E-state index >= 15 is 0 Å². The first kappa shape index (κ1) is 16.8. The van der Waals surface area contributed by atoms with Crippen LogP contribution in [0.4, 0.5) is 10.5 Å². The standard InChI is InChI=1S/C17H24N4O3S/c1-17(20-21-17)8-9-25(23,24)19-16(22)18-15-13-6-2-4-11(13)10-12-5-3-7-14(12)15/h10,20-21H,2-9H2,1H3,(H2,18,19,22). The molecule has 1 aliphatic heterocycles. The van der Waals surface area contributed by atoms with E-state index in [2.05, 4.69) is 27.0 Å². The Bertz CT molecular complexity index is 799. The molecule has 8 heteroatoms. The molecule has 4 rings (SSSR count). The molecular weight excluding hydrogens is 340 g/mol. The molecule has 1 heterocycles. The summed E-state index contributed by atoms with van der Waals surface area (Å²) in [7, 11) is -3.66. The molecule has 0 aromatic heterocycles. The van der Waals surface area contributed by atoms with Crippen LogP contribution in [0, 0.1) is 0 Å². The third-order valence-electron chi connectivity index (χ3n) is 5.38. The second kappa shape index (κ2) is 5.96. The summed E-state index contributed by atoms with van der Waals surface area (Å²) in [6.45, 7) is 1.87. The molecule has 0 radical (unpaired) electrons. The van der Waals surface area contributed by atoms with Gasteiger partial charge in [-0.25, -0.2) is 28.8 Å². The first-order chi connectivity index (χ1) is 11.9. The van der Waals surface area contributed by atoms with E-state index in [9.17, 15) is 13.2 Å². The lowest BCUT2D eigenvalue weighted by Gasteiger charge is -2.16. The van der Waals surface area contributed by atoms with Gasteiger partial charge in [-0.15, -0.1) is 0 Å². The number of urea groups is 1. The van der Waals surface area contributed by atoms with Crippen molar-refractivity contribution in [2.75, 3.05) is 11.1 Å². The smallest absolute Gasteiger partial charge is 0.307 e. The van der Waals surface area contributed by atoms with Gasteiger partial charge < -0.3 is 5.32 Å². The van der Waals surface area contributed by atoms with Gasteiger partial charge in [0.1, 0.15) is 0 Å². The maximum absolute atomic E-state index is 12.3. The zero-order chi connectivity index (χ0) is 17.7. The number of aryl methyl sites for hydroxylation is 2. The van der Waals surface area contributed by atoms with Crippen LogP contribution in [0.25, 0.3) is 0 Å². The van der Waals surface area contributed by atoms with Crippen LogP contribution in [0.2, 0.25) is 0 Å². The lowest BCUT2D eigenvalue weighted by Crippen LogP contribution is -2.37. The number of benzene rings is 1. The predicted molar refractivity (Wildman–Crippen MR) is 95.7 cm³/mol. The van der Waals surface area contributed by atoms with Crippen molar-refractivity contribution < 1.29 is 13.2 Å². The van der Waals surface area contributed by atoms with Crippen molar-refractivity contribution in [2.45, 2.75) is 57.5 Å². The van der Waals surface area contributed by atoms with Crippen molar-refractivity contribution in [1.82, 2.24) is 15.6 Å². The average Bonchev–Trinajstić information content (AvgIpc) is 2.96. The Morgan fingerprint density at radius 2 is 1.72 bits per heavy atom. The first-order valence-corrected chi connectivity index (χ1v) is 10.5. The van der Waals surface area contributed by atoms with Gasteiger partial charge in [-0.3, -0.25) is 0 Å². The lowest BCUT2D eigenvalue weighted by atomic mass is 9.99. The van der Waals surface area contributed by atoms with E-state index < -0.39 is 16.1 Å². The number of rotatable bonds is 5. The summed E-state index contributed by atoms with van der Waals surface area (Å²) < 4.78 is 26.4. The summed E-state index contributed by atoms with van der Waals surface area (Å²) in [5.41, 5.74) is 11.3. The van der Waals surface area contributed by atoms with Gasteiger partial charge in [0.15, 0.2) is 0 Å². The Kier molecular flexibility index (Phi) is 4.01. The van der Waals surface area contributed by atoms with E-state index in [1.807, 2.05) is 6.92 Å². The fourth-order valence-electron chi connectivity index (χ4n) is 3.87. The van der Waals surface area contributed by atoms with Gasteiger partial charge in [0, 0.05) is 5.69 Å². The topological polar surface area (TPSA) is 119 Å². The summed E-state index contributed by atoms with van der Waals surface area (Å²) in [5, 5.41) is 2.85. The summed E-state index contributed by atoms with van der Waals surface area (Å²) in [5.74, 6) is -0.109. The molecule has 25 heavy (non-hydrogen) atoms. The Hall–Kier alpha value is -1.64. The summed E-state index contributed by atoms with van der Waals surface area (Å²) >= 11 is 0. The van der Waals surface area contributed by atoms with Crippen LogP contribution < -0.4 is 20.9 Å². The molecule has 0 unspecified atom stereocenters. The number of fused-ring (bicyclic) bond motifs is 2. The molecule has 0 bridgehead atoms. The quantitative estimate of drug-likeness (QED) is 0.588. The largest absolute Gasteiger partial charge is 0.332 e. The van der Waals surface area contributed by atoms with E-state index in [0.29, 0.717) is 6.42 Å². The van der Waals surface area contributed by atoms with E-state index in [4.69, 9.17) is 0 Å². The SMILES string of the molecule is CC1(CCS(=O)(=O)NC(=O)Nc2c3c(cc4c2CCC4)CCC3)NN1. The fourth-order valence-corrected chi connectivity index (χ4v) is 4.98. The predicted octanol–water partition coefficient (Wildman–Crippen LogP) is 1.33. The van der Waals surface area contributed by atoms with E-state index in [1.165, 1.54) is 22.3 Å². The van der Waals surface area contributed by atoms with Crippen molar-refractivity contribution in [3.8, 4) is 0 Å². The number of carbonyl (C=O) groups is 1. The van der Waals surface area contributed by atoms with Crippen LogP contribution in [0.15, 0.2) is 6.07 Å².